The zero-order valence-electron chi connectivity index (χ0n) is 37.1. The molecule has 0 bridgehead atoms. The van der Waals surface area contributed by atoms with Crippen LogP contribution in [0.15, 0.2) is 255 Å². The Kier molecular flexibility index (Phi) is 9.43. The van der Waals surface area contributed by atoms with Crippen molar-refractivity contribution in [3.05, 3.63) is 288 Å². The molecular formula is C64H48N2. The first-order valence-electron chi connectivity index (χ1n) is 23.0. The molecule has 12 rings (SSSR count). The molecule has 0 spiro atoms. The maximum Gasteiger partial charge on any atom is 0.0715 e. The largest absolute Gasteiger partial charge is 0.310 e. The lowest BCUT2D eigenvalue weighted by Gasteiger charge is -2.36. The van der Waals surface area contributed by atoms with Gasteiger partial charge in [-0.2, -0.15) is 0 Å². The van der Waals surface area contributed by atoms with Crippen molar-refractivity contribution in [2.75, 3.05) is 9.80 Å². The smallest absolute Gasteiger partial charge is 0.0715 e. The molecule has 10 aromatic carbocycles. The van der Waals surface area contributed by atoms with Crippen LogP contribution in [-0.2, 0) is 10.8 Å². The molecule has 66 heavy (non-hydrogen) atoms. The zero-order valence-corrected chi connectivity index (χ0v) is 37.1. The van der Waals surface area contributed by atoms with Crippen molar-refractivity contribution < 1.29 is 0 Å². The molecule has 0 fully saturated rings. The molecule has 2 aliphatic carbocycles. The first-order valence-corrected chi connectivity index (χ1v) is 23.0. The fourth-order valence-electron chi connectivity index (χ4n) is 11.1. The monoisotopic (exact) mass is 844 g/mol. The number of anilines is 6. The van der Waals surface area contributed by atoms with Crippen LogP contribution in [0.25, 0.3) is 33.4 Å². The summed E-state index contributed by atoms with van der Waals surface area (Å²) in [7, 11) is 0. The third kappa shape index (κ3) is 6.17. The lowest BCUT2D eigenvalue weighted by molar-refractivity contribution is 0.660. The van der Waals surface area contributed by atoms with Crippen molar-refractivity contribution in [2.24, 2.45) is 0 Å². The zero-order chi connectivity index (χ0) is 44.2. The number of benzene rings is 10. The highest BCUT2D eigenvalue weighted by atomic mass is 15.1. The molecule has 0 amide bonds. The van der Waals surface area contributed by atoms with E-state index in [9.17, 15) is 0 Å². The SMILES string of the molecule is CC1(C)c2ccccc2-c2ccc(N(c3ccccc3)c3cccc(C4(c5ccccc5)c5ccccc5-c5cc(-c6ccccc6)c(N(c6ccccc6)c6ccccc6)cc54)c3)cc21. The Morgan fingerprint density at radius 3 is 1.38 bits per heavy atom. The van der Waals surface area contributed by atoms with Gasteiger partial charge in [0.05, 0.1) is 11.1 Å². The van der Waals surface area contributed by atoms with Gasteiger partial charge in [0.15, 0.2) is 0 Å². The van der Waals surface area contributed by atoms with Crippen LogP contribution in [0.4, 0.5) is 34.1 Å². The van der Waals surface area contributed by atoms with Crippen LogP contribution < -0.4 is 9.80 Å². The van der Waals surface area contributed by atoms with E-state index in [0.29, 0.717) is 0 Å². The van der Waals surface area contributed by atoms with Crippen molar-refractivity contribution in [1.82, 2.24) is 0 Å². The minimum Gasteiger partial charge on any atom is -0.310 e. The second-order valence-electron chi connectivity index (χ2n) is 18.1. The molecule has 2 aliphatic rings. The summed E-state index contributed by atoms with van der Waals surface area (Å²) >= 11 is 0. The Bertz CT molecular complexity index is 3340. The molecule has 0 saturated heterocycles. The van der Waals surface area contributed by atoms with Crippen molar-refractivity contribution >= 4 is 34.1 Å². The molecule has 0 N–H and O–H groups in total. The van der Waals surface area contributed by atoms with E-state index in [0.717, 1.165) is 34.1 Å². The standard InChI is InChI=1S/C64H48N2/c1-63(2)58-37-20-18-35-53(58)55-40-39-52(42-60(55)63)65(48-28-12-5-13-29-48)51-34-22-27-47(41-51)64(46-25-10-4-11-26-46)59-38-21-19-36-54(59)57-43-56(45-23-8-3-9-24-45)62(44-61(57)64)66(49-30-14-6-15-31-49)50-32-16-7-17-33-50/h3-44H,1-2H3. The molecule has 1 unspecified atom stereocenters. The minimum atomic E-state index is -0.670. The molecule has 0 heterocycles. The third-order valence-corrected chi connectivity index (χ3v) is 14.1. The molecule has 2 nitrogen and oxygen atoms in total. The Morgan fingerprint density at radius 1 is 0.273 bits per heavy atom. The minimum absolute atomic E-state index is 0.134. The van der Waals surface area contributed by atoms with Crippen molar-refractivity contribution in [3.63, 3.8) is 0 Å². The number of nitrogens with zero attached hydrogens (tertiary/aromatic N) is 2. The molecule has 10 aromatic rings. The number of para-hydroxylation sites is 3. The van der Waals surface area contributed by atoms with E-state index in [1.54, 1.807) is 0 Å². The van der Waals surface area contributed by atoms with Gasteiger partial charge in [0, 0.05) is 39.4 Å². The second kappa shape index (κ2) is 15.8. The fourth-order valence-corrected chi connectivity index (χ4v) is 11.1. The maximum atomic E-state index is 2.51. The number of rotatable bonds is 9. The lowest BCUT2D eigenvalue weighted by atomic mass is 9.67. The van der Waals surface area contributed by atoms with Gasteiger partial charge in [0.25, 0.3) is 0 Å². The van der Waals surface area contributed by atoms with E-state index in [-0.39, 0.29) is 5.41 Å². The topological polar surface area (TPSA) is 6.48 Å². The molecule has 0 saturated carbocycles. The Hall–Kier alpha value is -8.20. The van der Waals surface area contributed by atoms with Gasteiger partial charge in [-0.05, 0) is 134 Å². The van der Waals surface area contributed by atoms with E-state index in [2.05, 4.69) is 278 Å². The van der Waals surface area contributed by atoms with Gasteiger partial charge in [-0.25, -0.2) is 0 Å². The molecular weight excluding hydrogens is 797 g/mol. The molecule has 0 radical (unpaired) electrons. The van der Waals surface area contributed by atoms with Gasteiger partial charge in [0.2, 0.25) is 0 Å². The number of hydrogen-bond donors (Lipinski definition) is 0. The molecule has 314 valence electrons. The van der Waals surface area contributed by atoms with Gasteiger partial charge in [-0.3, -0.25) is 0 Å². The van der Waals surface area contributed by atoms with Crippen molar-refractivity contribution in [2.45, 2.75) is 24.7 Å². The summed E-state index contributed by atoms with van der Waals surface area (Å²) in [6, 6.07) is 93.9. The van der Waals surface area contributed by atoms with Gasteiger partial charge >= 0.3 is 0 Å². The van der Waals surface area contributed by atoms with E-state index in [1.807, 2.05) is 0 Å². The summed E-state index contributed by atoms with van der Waals surface area (Å²) in [6.45, 7) is 4.73. The summed E-state index contributed by atoms with van der Waals surface area (Å²) < 4.78 is 0. The highest BCUT2D eigenvalue weighted by Gasteiger charge is 2.47. The quantitative estimate of drug-likeness (QED) is 0.143. The molecule has 0 aromatic heterocycles. The van der Waals surface area contributed by atoms with Gasteiger partial charge in [0.1, 0.15) is 0 Å². The van der Waals surface area contributed by atoms with Crippen molar-refractivity contribution in [1.29, 1.82) is 0 Å². The van der Waals surface area contributed by atoms with Crippen LogP contribution in [0.3, 0.4) is 0 Å². The van der Waals surface area contributed by atoms with Gasteiger partial charge < -0.3 is 9.80 Å². The van der Waals surface area contributed by atoms with Crippen LogP contribution in [0.2, 0.25) is 0 Å². The summed E-state index contributed by atoms with van der Waals surface area (Å²) in [5, 5.41) is 0. The average molecular weight is 845 g/mol. The van der Waals surface area contributed by atoms with Crippen LogP contribution in [0.1, 0.15) is 47.2 Å². The Balaban J connectivity index is 1.13. The Labute approximate surface area is 388 Å². The third-order valence-electron chi connectivity index (χ3n) is 14.1. The van der Waals surface area contributed by atoms with E-state index >= 15 is 0 Å². The number of fused-ring (bicyclic) bond motifs is 6. The van der Waals surface area contributed by atoms with Crippen molar-refractivity contribution in [3.8, 4) is 33.4 Å². The first kappa shape index (κ1) is 39.4. The fraction of sp³-hybridized carbons (Fsp3) is 0.0625. The summed E-state index contributed by atoms with van der Waals surface area (Å²) in [5.41, 5.74) is 21.0. The summed E-state index contributed by atoms with van der Waals surface area (Å²) in [4.78, 5) is 4.88. The predicted octanol–water partition coefficient (Wildman–Crippen LogP) is 17.0. The highest BCUT2D eigenvalue weighted by molar-refractivity contribution is 5.97. The Morgan fingerprint density at radius 2 is 0.742 bits per heavy atom. The normalized spacial score (nSPS) is 15.0. The summed E-state index contributed by atoms with van der Waals surface area (Å²) in [6.07, 6.45) is 0. The molecule has 2 heteroatoms. The lowest BCUT2D eigenvalue weighted by Crippen LogP contribution is -2.29. The maximum absolute atomic E-state index is 2.51. The van der Waals surface area contributed by atoms with Crippen LogP contribution in [0, 0.1) is 0 Å². The van der Waals surface area contributed by atoms with E-state index < -0.39 is 5.41 Å². The average Bonchev–Trinajstić information content (AvgIpc) is 3.80. The predicted molar refractivity (Wildman–Crippen MR) is 276 cm³/mol. The molecule has 1 atom stereocenters. The second-order valence-corrected chi connectivity index (χ2v) is 18.1. The van der Waals surface area contributed by atoms with Crippen LogP contribution in [0.5, 0.6) is 0 Å². The van der Waals surface area contributed by atoms with Crippen LogP contribution >= 0.6 is 0 Å². The van der Waals surface area contributed by atoms with Crippen LogP contribution in [-0.4, -0.2) is 0 Å². The van der Waals surface area contributed by atoms with Gasteiger partial charge in [-0.1, -0.05) is 196 Å². The van der Waals surface area contributed by atoms with E-state index in [1.165, 1.54) is 66.8 Å². The molecule has 0 aliphatic heterocycles. The highest BCUT2D eigenvalue weighted by Crippen LogP contribution is 2.59. The number of hydrogen-bond acceptors (Lipinski definition) is 2. The van der Waals surface area contributed by atoms with Gasteiger partial charge in [-0.15, -0.1) is 0 Å². The summed E-state index contributed by atoms with van der Waals surface area (Å²) in [5.74, 6) is 0. The van der Waals surface area contributed by atoms with E-state index in [4.69, 9.17) is 0 Å². The first-order chi connectivity index (χ1) is 32.5.